The van der Waals surface area contributed by atoms with Crippen LogP contribution in [0.15, 0.2) is 123 Å². The van der Waals surface area contributed by atoms with Gasteiger partial charge in [0, 0.05) is 25.7 Å². The minimum atomic E-state index is 0.607. The van der Waals surface area contributed by atoms with Crippen molar-refractivity contribution >= 4 is 0 Å². The molecule has 0 fully saturated rings. The molecule has 376 valence electrons. The molecule has 0 saturated carbocycles. The monoisotopic (exact) mass is 973 g/mol. The molecule has 4 heterocycles. The van der Waals surface area contributed by atoms with Gasteiger partial charge in [-0.15, -0.1) is 0 Å². The van der Waals surface area contributed by atoms with Crippen LogP contribution in [-0.2, 0) is 80.1 Å². The summed E-state index contributed by atoms with van der Waals surface area (Å²) >= 11 is 0. The molecule has 9 rings (SSSR count). The molecule has 0 radical (unpaired) electrons. The third kappa shape index (κ3) is 12.1. The topological polar surface area (TPSA) is 72.2 Å². The van der Waals surface area contributed by atoms with Crippen molar-refractivity contribution in [3.8, 4) is 23.0 Å². The quantitative estimate of drug-likeness (QED) is 0.0723. The van der Waals surface area contributed by atoms with Gasteiger partial charge in [-0.1, -0.05) is 27.7 Å². The van der Waals surface area contributed by atoms with Gasteiger partial charge in [0.05, 0.1) is 54.6 Å². The minimum absolute atomic E-state index is 0.607. The van der Waals surface area contributed by atoms with Gasteiger partial charge in [0.1, 0.15) is 98.8 Å². The van der Waals surface area contributed by atoms with Gasteiger partial charge in [0.25, 0.3) is 0 Å². The summed E-state index contributed by atoms with van der Waals surface area (Å²) in [7, 11) is 8.31. The molecule has 0 atom stereocenters. The van der Waals surface area contributed by atoms with E-state index in [1.807, 2.05) is 0 Å². The van der Waals surface area contributed by atoms with Crippen LogP contribution in [0.1, 0.15) is 120 Å². The fraction of sp³-hybridized carbons (Fsp3) is 0.400. The van der Waals surface area contributed by atoms with Crippen LogP contribution in [0, 0.1) is 0 Å². The third-order valence-corrected chi connectivity index (χ3v) is 13.3. The molecule has 4 aromatic carbocycles. The van der Waals surface area contributed by atoms with E-state index in [2.05, 4.69) is 216 Å². The maximum Gasteiger partial charge on any atom is 0.243 e. The Hall–Kier alpha value is -7.08. The van der Waals surface area contributed by atoms with Crippen molar-refractivity contribution in [2.75, 3.05) is 26.4 Å². The van der Waals surface area contributed by atoms with E-state index in [0.717, 1.165) is 119 Å². The Bertz CT molecular complexity index is 2610. The Morgan fingerprint density at radius 2 is 0.528 bits per heavy atom. The van der Waals surface area contributed by atoms with Crippen LogP contribution in [0.2, 0.25) is 0 Å². The van der Waals surface area contributed by atoms with Gasteiger partial charge < -0.3 is 18.9 Å². The van der Waals surface area contributed by atoms with Gasteiger partial charge in [-0.25, -0.2) is 36.5 Å². The number of imidazole rings is 4. The fourth-order valence-corrected chi connectivity index (χ4v) is 10.3. The Labute approximate surface area is 426 Å². The van der Waals surface area contributed by atoms with Gasteiger partial charge in [-0.3, -0.25) is 0 Å². The molecule has 4 aromatic heterocycles. The molecule has 12 heteroatoms. The van der Waals surface area contributed by atoms with E-state index in [4.69, 9.17) is 18.9 Å². The SMILES string of the molecule is CCCOc1c2cc(Cn3cc[n+](C)c3)cc1Cc1cc(Cn3cc[n+](C)c3)cc(c1OCCC)Cc1cc(Cn3cc[n+](C)c3)cc(c1OCCC)Cc1cc(Cn3cc[n+](C)c3)cc(c1OCCC)C2. The van der Waals surface area contributed by atoms with Crippen molar-refractivity contribution in [1.82, 2.24) is 18.3 Å². The molecule has 12 nitrogen and oxygen atoms in total. The molecule has 8 aromatic rings. The second kappa shape index (κ2) is 23.0. The summed E-state index contributed by atoms with van der Waals surface area (Å²) < 4.78 is 45.6. The zero-order chi connectivity index (χ0) is 50.1. The lowest BCUT2D eigenvalue weighted by atomic mass is 9.88. The molecule has 0 N–H and O–H groups in total. The average molecular weight is 973 g/mol. The van der Waals surface area contributed by atoms with Crippen LogP contribution in [0.25, 0.3) is 0 Å². The molecule has 1 aliphatic carbocycles. The van der Waals surface area contributed by atoms with Crippen LogP contribution >= 0.6 is 0 Å². The van der Waals surface area contributed by atoms with Gasteiger partial charge in [0.2, 0.25) is 25.3 Å². The van der Waals surface area contributed by atoms with Gasteiger partial charge in [-0.2, -0.15) is 0 Å². The molecule has 8 bridgehead atoms. The highest BCUT2D eigenvalue weighted by Gasteiger charge is 2.26. The fourth-order valence-electron chi connectivity index (χ4n) is 10.3. The highest BCUT2D eigenvalue weighted by molar-refractivity contribution is 5.59. The zero-order valence-electron chi connectivity index (χ0n) is 44.1. The molecular weight excluding hydrogens is 897 g/mol. The minimum Gasteiger partial charge on any atom is -0.493 e. The van der Waals surface area contributed by atoms with Gasteiger partial charge in [-0.05, 0) is 141 Å². The normalized spacial score (nSPS) is 12.3. The Kier molecular flexibility index (Phi) is 15.9. The summed E-state index contributed by atoms with van der Waals surface area (Å²) in [6.07, 6.45) is 31.7. The lowest BCUT2D eigenvalue weighted by Crippen LogP contribution is -2.23. The Morgan fingerprint density at radius 1 is 0.333 bits per heavy atom. The zero-order valence-corrected chi connectivity index (χ0v) is 44.1. The third-order valence-electron chi connectivity index (χ3n) is 13.3. The first kappa shape index (κ1) is 49.9. The number of hydrogen-bond donors (Lipinski definition) is 0. The van der Waals surface area contributed by atoms with Gasteiger partial charge >= 0.3 is 0 Å². The number of hydrogen-bond acceptors (Lipinski definition) is 4. The molecule has 0 aliphatic heterocycles. The lowest BCUT2D eigenvalue weighted by molar-refractivity contribution is -0.671. The largest absolute Gasteiger partial charge is 0.493 e. The molecule has 1 aliphatic rings. The second-order valence-electron chi connectivity index (χ2n) is 20.1. The van der Waals surface area contributed by atoms with Crippen LogP contribution < -0.4 is 37.2 Å². The van der Waals surface area contributed by atoms with Crippen LogP contribution in [0.5, 0.6) is 23.0 Å². The smallest absolute Gasteiger partial charge is 0.243 e. The number of benzene rings is 4. The van der Waals surface area contributed by atoms with E-state index in [1.165, 1.54) is 22.3 Å². The molecule has 0 amide bonds. The highest BCUT2D eigenvalue weighted by atomic mass is 16.5. The van der Waals surface area contributed by atoms with E-state index < -0.39 is 0 Å². The number of aryl methyl sites for hydroxylation is 4. The van der Waals surface area contributed by atoms with Crippen molar-refractivity contribution in [3.63, 3.8) is 0 Å². The molecule has 0 saturated heterocycles. The summed E-state index contributed by atoms with van der Waals surface area (Å²) in [5.41, 5.74) is 14.1. The van der Waals surface area contributed by atoms with Crippen LogP contribution in [0.3, 0.4) is 0 Å². The number of rotatable bonds is 20. The first-order valence-electron chi connectivity index (χ1n) is 26.2. The van der Waals surface area contributed by atoms with Crippen LogP contribution in [-0.4, -0.2) is 44.7 Å². The van der Waals surface area contributed by atoms with Gasteiger partial charge in [0.15, 0.2) is 0 Å². The number of ether oxygens (including phenoxy) is 4. The van der Waals surface area contributed by atoms with E-state index in [9.17, 15) is 0 Å². The first-order chi connectivity index (χ1) is 35.0. The summed E-state index contributed by atoms with van der Waals surface area (Å²) in [6.45, 7) is 14.1. The van der Waals surface area contributed by atoms with Crippen LogP contribution in [0.4, 0.5) is 0 Å². The second-order valence-corrected chi connectivity index (χ2v) is 20.1. The Morgan fingerprint density at radius 3 is 0.681 bits per heavy atom. The van der Waals surface area contributed by atoms with E-state index in [0.29, 0.717) is 52.1 Å². The van der Waals surface area contributed by atoms with Crippen molar-refractivity contribution in [2.24, 2.45) is 28.2 Å². The summed E-state index contributed by atoms with van der Waals surface area (Å²) in [6, 6.07) is 19.1. The van der Waals surface area contributed by atoms with E-state index in [1.54, 1.807) is 0 Å². The average Bonchev–Trinajstić information content (AvgIpc) is 4.17. The molecule has 0 unspecified atom stereocenters. The predicted molar refractivity (Wildman–Crippen MR) is 279 cm³/mol. The van der Waals surface area contributed by atoms with Crippen molar-refractivity contribution in [3.05, 3.63) is 190 Å². The standard InChI is InChI=1S/C60H76N8O4/c1-9-21-69-57-49-25-45(37-65-17-13-61(5)41-65)26-50(57)34-52-28-47(39-67-19-15-63(7)43-67)30-54(59(52)71-23-11-3)36-56-32-48(40-68-20-16-64(8)44-68)31-55(60(56)72-24-12-4)35-53-29-46(38-66-18-14-62(6)42-66)27-51(33-49)58(53)70-22-10-2/h13-20,25-32,41-44H,9-12,21-24,33-40H2,1-8H3/q+4. The molecule has 72 heavy (non-hydrogen) atoms. The molecule has 0 spiro atoms. The summed E-state index contributed by atoms with van der Waals surface area (Å²) in [5.74, 6) is 3.80. The predicted octanol–water partition coefficient (Wildman–Crippen LogP) is 8.22. The summed E-state index contributed by atoms with van der Waals surface area (Å²) in [4.78, 5) is 0. The number of fused-ring (bicyclic) bond motifs is 8. The number of nitrogens with zero attached hydrogens (tertiary/aromatic N) is 8. The maximum absolute atomic E-state index is 7.04. The maximum atomic E-state index is 7.04. The van der Waals surface area contributed by atoms with Crippen molar-refractivity contribution in [1.29, 1.82) is 0 Å². The summed E-state index contributed by atoms with van der Waals surface area (Å²) in [5, 5.41) is 0. The van der Waals surface area contributed by atoms with E-state index >= 15 is 0 Å². The highest BCUT2D eigenvalue weighted by Crippen LogP contribution is 2.41. The van der Waals surface area contributed by atoms with Crippen molar-refractivity contribution < 1.29 is 37.2 Å². The molecular formula is C60H76N8O4+4. The first-order valence-corrected chi connectivity index (χ1v) is 26.2. The van der Waals surface area contributed by atoms with Crippen molar-refractivity contribution in [2.45, 2.75) is 105 Å². The van der Waals surface area contributed by atoms with E-state index in [-0.39, 0.29) is 0 Å². The number of aromatic nitrogens is 8. The Balaban J connectivity index is 1.34. The lowest BCUT2D eigenvalue weighted by Gasteiger charge is -2.24.